The van der Waals surface area contributed by atoms with E-state index < -0.39 is 0 Å². The summed E-state index contributed by atoms with van der Waals surface area (Å²) in [6.45, 7) is 1.49. The lowest BCUT2D eigenvalue weighted by molar-refractivity contribution is 0.102. The maximum Gasteiger partial charge on any atom is 0.275 e. The molecule has 0 unspecified atom stereocenters. The summed E-state index contributed by atoms with van der Waals surface area (Å²) in [7, 11) is 0. The topological polar surface area (TPSA) is 98.7 Å². The van der Waals surface area contributed by atoms with Crippen LogP contribution in [0.3, 0.4) is 0 Å². The average Bonchev–Trinajstić information content (AvgIpc) is 3.30. The van der Waals surface area contributed by atoms with Crippen LogP contribution >= 0.6 is 11.3 Å². The van der Waals surface area contributed by atoms with E-state index in [1.807, 2.05) is 24.3 Å². The molecule has 7 nitrogen and oxygen atoms in total. The van der Waals surface area contributed by atoms with Crippen LogP contribution in [0.15, 0.2) is 29.6 Å². The Morgan fingerprint density at radius 1 is 1.23 bits per heavy atom. The van der Waals surface area contributed by atoms with Gasteiger partial charge in [0.15, 0.2) is 5.82 Å². The molecule has 0 radical (unpaired) electrons. The highest BCUT2D eigenvalue weighted by Gasteiger charge is 2.17. The highest BCUT2D eigenvalue weighted by Crippen LogP contribution is 2.24. The molecule has 2 aromatic heterocycles. The number of carbonyl (C=O) groups excluding carboxylic acids is 1. The molecule has 134 valence electrons. The van der Waals surface area contributed by atoms with Gasteiger partial charge in [-0.05, 0) is 43.7 Å². The summed E-state index contributed by atoms with van der Waals surface area (Å²) in [5.74, 6) is 1.74. The van der Waals surface area contributed by atoms with Crippen LogP contribution in [0.4, 0.5) is 5.69 Å². The number of fused-ring (bicyclic) bond motifs is 1. The molecule has 0 atom stereocenters. The zero-order chi connectivity index (χ0) is 17.9. The van der Waals surface area contributed by atoms with Crippen molar-refractivity contribution in [2.75, 3.05) is 11.9 Å². The molecule has 4 rings (SSSR count). The molecule has 3 N–H and O–H groups in total. The second kappa shape index (κ2) is 7.35. The van der Waals surface area contributed by atoms with Gasteiger partial charge < -0.3 is 15.6 Å². The molecule has 0 bridgehead atoms. The number of aromatic nitrogens is 4. The molecule has 1 aromatic carbocycles. The first-order valence-corrected chi connectivity index (χ1v) is 9.61. The van der Waals surface area contributed by atoms with Gasteiger partial charge in [0.1, 0.15) is 11.5 Å². The molecule has 0 fully saturated rings. The number of carbonyl (C=O) groups is 1. The summed E-state index contributed by atoms with van der Waals surface area (Å²) < 4.78 is 2.19. The number of hydrogen-bond acceptors (Lipinski definition) is 6. The van der Waals surface area contributed by atoms with Gasteiger partial charge in [-0.25, -0.2) is 4.98 Å². The number of nitrogens with zero attached hydrogens (tertiary/aromatic N) is 4. The molecule has 1 aliphatic rings. The lowest BCUT2D eigenvalue weighted by Crippen LogP contribution is -2.13. The van der Waals surface area contributed by atoms with E-state index in [1.54, 1.807) is 5.38 Å². The molecular formula is C18H20N6OS. The van der Waals surface area contributed by atoms with Crippen LogP contribution in [0, 0.1) is 0 Å². The Morgan fingerprint density at radius 2 is 2.08 bits per heavy atom. The van der Waals surface area contributed by atoms with Gasteiger partial charge >= 0.3 is 0 Å². The van der Waals surface area contributed by atoms with E-state index >= 15 is 0 Å². The Labute approximate surface area is 155 Å². The van der Waals surface area contributed by atoms with Gasteiger partial charge in [0.2, 0.25) is 0 Å². The fraction of sp³-hybridized carbons (Fsp3) is 0.333. The summed E-state index contributed by atoms with van der Waals surface area (Å²) in [6, 6.07) is 7.68. The van der Waals surface area contributed by atoms with Gasteiger partial charge in [0.05, 0.1) is 5.01 Å². The number of aryl methyl sites for hydroxylation is 1. The Bertz CT molecular complexity index is 914. The highest BCUT2D eigenvalue weighted by atomic mass is 32.1. The first kappa shape index (κ1) is 16.9. The van der Waals surface area contributed by atoms with Crippen molar-refractivity contribution in [3.63, 3.8) is 0 Å². The minimum Gasteiger partial charge on any atom is -0.330 e. The Morgan fingerprint density at radius 3 is 2.88 bits per heavy atom. The highest BCUT2D eigenvalue weighted by molar-refractivity contribution is 7.09. The van der Waals surface area contributed by atoms with Crippen molar-refractivity contribution in [1.82, 2.24) is 19.7 Å². The normalized spacial score (nSPS) is 13.4. The van der Waals surface area contributed by atoms with Crippen molar-refractivity contribution in [1.29, 1.82) is 0 Å². The van der Waals surface area contributed by atoms with Crippen molar-refractivity contribution in [3.05, 3.63) is 46.2 Å². The first-order valence-electron chi connectivity index (χ1n) is 8.73. The standard InChI is InChI=1S/C18H20N6OS/c19-9-8-16-21-14(11-26-16)18(25)20-13-6-4-12(5-7-13)17-23-22-15-3-1-2-10-24(15)17/h4-7,11H,1-3,8-10,19H2,(H,20,25). The van der Waals surface area contributed by atoms with Crippen LogP contribution in [0.25, 0.3) is 11.4 Å². The minimum atomic E-state index is -0.211. The maximum absolute atomic E-state index is 12.3. The number of amides is 1. The molecule has 1 aliphatic heterocycles. The number of nitrogens with one attached hydrogen (secondary N) is 1. The minimum absolute atomic E-state index is 0.211. The molecule has 1 amide bonds. The Kier molecular flexibility index (Phi) is 4.77. The van der Waals surface area contributed by atoms with Crippen LogP contribution < -0.4 is 11.1 Å². The number of thiazole rings is 1. The zero-order valence-corrected chi connectivity index (χ0v) is 15.1. The van der Waals surface area contributed by atoms with E-state index in [0.29, 0.717) is 18.7 Å². The fourth-order valence-electron chi connectivity index (χ4n) is 3.07. The van der Waals surface area contributed by atoms with Gasteiger partial charge in [-0.2, -0.15) is 0 Å². The molecule has 8 heteroatoms. The van der Waals surface area contributed by atoms with Gasteiger partial charge in [-0.15, -0.1) is 21.5 Å². The fourth-order valence-corrected chi connectivity index (χ4v) is 3.87. The lowest BCUT2D eigenvalue weighted by Gasteiger charge is -2.14. The van der Waals surface area contributed by atoms with E-state index in [1.165, 1.54) is 17.8 Å². The molecule has 0 saturated heterocycles. The summed E-state index contributed by atoms with van der Waals surface area (Å²) in [4.78, 5) is 16.6. The second-order valence-corrected chi connectivity index (χ2v) is 7.19. The number of anilines is 1. The van der Waals surface area contributed by atoms with Gasteiger partial charge in [-0.3, -0.25) is 4.79 Å². The van der Waals surface area contributed by atoms with Crippen LogP contribution in [0.5, 0.6) is 0 Å². The van der Waals surface area contributed by atoms with E-state index in [9.17, 15) is 4.79 Å². The maximum atomic E-state index is 12.3. The van der Waals surface area contributed by atoms with Crippen LogP contribution in [-0.2, 0) is 19.4 Å². The SMILES string of the molecule is NCCc1nc(C(=O)Nc2ccc(-c3nnc4n3CCCC4)cc2)cs1. The van der Waals surface area contributed by atoms with E-state index in [4.69, 9.17) is 5.73 Å². The third-order valence-electron chi connectivity index (χ3n) is 4.40. The summed E-state index contributed by atoms with van der Waals surface area (Å²) in [5.41, 5.74) is 7.68. The van der Waals surface area contributed by atoms with Crippen molar-refractivity contribution < 1.29 is 4.79 Å². The molecule has 0 aliphatic carbocycles. The second-order valence-electron chi connectivity index (χ2n) is 6.25. The Hall–Kier alpha value is -2.58. The quantitative estimate of drug-likeness (QED) is 0.721. The lowest BCUT2D eigenvalue weighted by atomic mass is 10.1. The van der Waals surface area contributed by atoms with Crippen molar-refractivity contribution in [2.24, 2.45) is 5.73 Å². The van der Waals surface area contributed by atoms with Gasteiger partial charge in [0.25, 0.3) is 5.91 Å². The third-order valence-corrected chi connectivity index (χ3v) is 5.31. The van der Waals surface area contributed by atoms with Crippen molar-refractivity contribution in [3.8, 4) is 11.4 Å². The third kappa shape index (κ3) is 3.38. The van der Waals surface area contributed by atoms with E-state index in [-0.39, 0.29) is 5.91 Å². The largest absolute Gasteiger partial charge is 0.330 e. The van der Waals surface area contributed by atoms with Gasteiger partial charge in [0, 0.05) is 36.0 Å². The predicted molar refractivity (Wildman–Crippen MR) is 101 cm³/mol. The van der Waals surface area contributed by atoms with Crippen LogP contribution in [-0.4, -0.2) is 32.2 Å². The molecule has 26 heavy (non-hydrogen) atoms. The number of hydrogen-bond donors (Lipinski definition) is 2. The number of nitrogens with two attached hydrogens (primary N) is 1. The summed E-state index contributed by atoms with van der Waals surface area (Å²) in [5, 5.41) is 14.1. The first-order chi connectivity index (χ1) is 12.7. The molecule has 3 aromatic rings. The molecule has 3 heterocycles. The van der Waals surface area contributed by atoms with E-state index in [0.717, 1.165) is 47.3 Å². The molecular weight excluding hydrogens is 348 g/mol. The van der Waals surface area contributed by atoms with Crippen LogP contribution in [0.2, 0.25) is 0 Å². The summed E-state index contributed by atoms with van der Waals surface area (Å²) in [6.07, 6.45) is 4.01. The molecule has 0 saturated carbocycles. The number of rotatable bonds is 5. The van der Waals surface area contributed by atoms with E-state index in [2.05, 4.69) is 25.1 Å². The van der Waals surface area contributed by atoms with Crippen molar-refractivity contribution in [2.45, 2.75) is 32.2 Å². The monoisotopic (exact) mass is 368 g/mol. The smallest absolute Gasteiger partial charge is 0.275 e. The zero-order valence-electron chi connectivity index (χ0n) is 14.3. The van der Waals surface area contributed by atoms with Crippen molar-refractivity contribution >= 4 is 22.9 Å². The average molecular weight is 368 g/mol. The number of benzene rings is 1. The van der Waals surface area contributed by atoms with Crippen LogP contribution in [0.1, 0.15) is 34.2 Å². The predicted octanol–water partition coefficient (Wildman–Crippen LogP) is 2.49. The summed E-state index contributed by atoms with van der Waals surface area (Å²) >= 11 is 1.46. The Balaban J connectivity index is 1.47. The molecule has 0 spiro atoms. The van der Waals surface area contributed by atoms with Gasteiger partial charge in [-0.1, -0.05) is 0 Å².